The molecule has 1 amide bonds. The van der Waals surface area contributed by atoms with Crippen LogP contribution in [0.4, 0.5) is 4.39 Å². The molecular weight excluding hydrogens is 329 g/mol. The van der Waals surface area contributed by atoms with Gasteiger partial charge in [-0.2, -0.15) is 0 Å². The van der Waals surface area contributed by atoms with Crippen molar-refractivity contribution in [2.75, 3.05) is 26.2 Å². The number of carbonyl (C=O) groups is 1. The van der Waals surface area contributed by atoms with Crippen LogP contribution in [0.5, 0.6) is 0 Å². The first kappa shape index (κ1) is 18.5. The van der Waals surface area contributed by atoms with Gasteiger partial charge in [-0.05, 0) is 36.6 Å². The van der Waals surface area contributed by atoms with Crippen molar-refractivity contribution >= 4 is 5.91 Å². The molecule has 0 aliphatic carbocycles. The first-order chi connectivity index (χ1) is 12.5. The molecule has 0 radical (unpaired) electrons. The Morgan fingerprint density at radius 3 is 2.42 bits per heavy atom. The Morgan fingerprint density at radius 2 is 1.73 bits per heavy atom. The second-order valence-electron chi connectivity index (χ2n) is 6.97. The molecule has 0 aromatic heterocycles. The number of halogens is 1. The van der Waals surface area contributed by atoms with Crippen LogP contribution in [0.25, 0.3) is 0 Å². The molecule has 3 rings (SSSR count). The first-order valence-corrected chi connectivity index (χ1v) is 9.10. The van der Waals surface area contributed by atoms with E-state index in [1.807, 2.05) is 48.2 Å². The van der Waals surface area contributed by atoms with Crippen molar-refractivity contribution in [2.45, 2.75) is 25.9 Å². The molecule has 138 valence electrons. The average molecular weight is 355 g/mol. The smallest absolute Gasteiger partial charge is 0.244 e. The molecule has 1 unspecified atom stereocenters. The number of aryl methyl sites for hydroxylation is 1. The monoisotopic (exact) mass is 355 g/mol. The second kappa shape index (κ2) is 8.43. The first-order valence-electron chi connectivity index (χ1n) is 9.10. The molecule has 4 nitrogen and oxygen atoms in total. The number of hydrogen-bond donors (Lipinski definition) is 1. The fourth-order valence-corrected chi connectivity index (χ4v) is 3.31. The molecule has 1 saturated heterocycles. The number of amides is 1. The number of nitrogens with zero attached hydrogens (tertiary/aromatic N) is 2. The summed E-state index contributed by atoms with van der Waals surface area (Å²) >= 11 is 0. The van der Waals surface area contributed by atoms with Gasteiger partial charge in [0.2, 0.25) is 5.91 Å². The topological polar surface area (TPSA) is 49.6 Å². The van der Waals surface area contributed by atoms with E-state index in [9.17, 15) is 9.18 Å². The van der Waals surface area contributed by atoms with Gasteiger partial charge < -0.3 is 10.6 Å². The molecule has 26 heavy (non-hydrogen) atoms. The lowest BCUT2D eigenvalue weighted by molar-refractivity contribution is -0.132. The number of rotatable bonds is 4. The molecule has 5 heteroatoms. The highest BCUT2D eigenvalue weighted by Gasteiger charge is 2.24. The van der Waals surface area contributed by atoms with Gasteiger partial charge in [0.25, 0.3) is 0 Å². The summed E-state index contributed by atoms with van der Waals surface area (Å²) in [5.74, 6) is -0.232. The zero-order chi connectivity index (χ0) is 18.5. The van der Waals surface area contributed by atoms with E-state index in [1.165, 1.54) is 12.1 Å². The van der Waals surface area contributed by atoms with E-state index in [1.54, 1.807) is 0 Å². The van der Waals surface area contributed by atoms with Crippen molar-refractivity contribution in [1.29, 1.82) is 0 Å². The van der Waals surface area contributed by atoms with E-state index in [0.717, 1.165) is 49.3 Å². The minimum absolute atomic E-state index is 0.0162. The summed E-state index contributed by atoms with van der Waals surface area (Å²) in [6.45, 7) is 5.89. The maximum Gasteiger partial charge on any atom is 0.244 e. The van der Waals surface area contributed by atoms with Gasteiger partial charge in [0.1, 0.15) is 11.9 Å². The standard InChI is InChI=1S/C21H26FN3O/c1-16-3-7-18(8-4-16)20(23)21(26)25-12-2-11-24(13-14-25)15-17-5-9-19(22)10-6-17/h3-10,20H,2,11-15,23H2,1H3. The molecule has 0 spiro atoms. The van der Waals surface area contributed by atoms with Gasteiger partial charge in [-0.1, -0.05) is 42.0 Å². The number of hydrogen-bond acceptors (Lipinski definition) is 3. The Morgan fingerprint density at radius 1 is 1.04 bits per heavy atom. The molecule has 0 bridgehead atoms. The Hall–Kier alpha value is -2.24. The van der Waals surface area contributed by atoms with Crippen LogP contribution in [0.3, 0.4) is 0 Å². The van der Waals surface area contributed by atoms with Crippen LogP contribution in [0, 0.1) is 12.7 Å². The summed E-state index contributed by atoms with van der Waals surface area (Å²) in [4.78, 5) is 17.0. The van der Waals surface area contributed by atoms with Gasteiger partial charge in [0.15, 0.2) is 0 Å². The Labute approximate surface area is 154 Å². The largest absolute Gasteiger partial charge is 0.340 e. The maximum atomic E-state index is 13.0. The molecule has 2 aromatic rings. The summed E-state index contributed by atoms with van der Waals surface area (Å²) in [6, 6.07) is 13.8. The molecule has 1 atom stereocenters. The lowest BCUT2D eigenvalue weighted by atomic mass is 10.0. The predicted molar refractivity (Wildman–Crippen MR) is 101 cm³/mol. The normalized spacial score (nSPS) is 17.0. The fourth-order valence-electron chi connectivity index (χ4n) is 3.31. The van der Waals surface area contributed by atoms with Crippen LogP contribution in [0.15, 0.2) is 48.5 Å². The van der Waals surface area contributed by atoms with Gasteiger partial charge in [-0.3, -0.25) is 9.69 Å². The van der Waals surface area contributed by atoms with Crippen molar-refractivity contribution in [3.05, 3.63) is 71.0 Å². The van der Waals surface area contributed by atoms with Crippen LogP contribution < -0.4 is 5.73 Å². The SMILES string of the molecule is Cc1ccc(C(N)C(=O)N2CCCN(Cc3ccc(F)cc3)CC2)cc1. The minimum atomic E-state index is -0.612. The molecule has 1 aliphatic rings. The third-order valence-corrected chi connectivity index (χ3v) is 4.92. The van der Waals surface area contributed by atoms with Gasteiger partial charge in [-0.15, -0.1) is 0 Å². The van der Waals surface area contributed by atoms with Crippen LogP contribution in [0.1, 0.15) is 29.2 Å². The third kappa shape index (κ3) is 4.68. The predicted octanol–water partition coefficient (Wildman–Crippen LogP) is 2.87. The lowest BCUT2D eigenvalue weighted by Gasteiger charge is -2.25. The van der Waals surface area contributed by atoms with E-state index in [-0.39, 0.29) is 11.7 Å². The van der Waals surface area contributed by atoms with E-state index < -0.39 is 6.04 Å². The molecular formula is C21H26FN3O. The zero-order valence-electron chi connectivity index (χ0n) is 15.2. The summed E-state index contributed by atoms with van der Waals surface area (Å²) in [5.41, 5.74) is 9.30. The Bertz CT molecular complexity index is 730. The summed E-state index contributed by atoms with van der Waals surface area (Å²) in [5, 5.41) is 0. The number of carbonyl (C=O) groups excluding carboxylic acids is 1. The van der Waals surface area contributed by atoms with Crippen molar-refractivity contribution in [1.82, 2.24) is 9.80 Å². The van der Waals surface area contributed by atoms with Crippen molar-refractivity contribution < 1.29 is 9.18 Å². The summed E-state index contributed by atoms with van der Waals surface area (Å²) in [6.07, 6.45) is 0.910. The lowest BCUT2D eigenvalue weighted by Crippen LogP contribution is -2.40. The van der Waals surface area contributed by atoms with Crippen LogP contribution in [0.2, 0.25) is 0 Å². The molecule has 1 aliphatic heterocycles. The van der Waals surface area contributed by atoms with Crippen LogP contribution in [-0.2, 0) is 11.3 Å². The third-order valence-electron chi connectivity index (χ3n) is 4.92. The maximum absolute atomic E-state index is 13.0. The highest BCUT2D eigenvalue weighted by Crippen LogP contribution is 2.16. The van der Waals surface area contributed by atoms with Crippen LogP contribution >= 0.6 is 0 Å². The number of nitrogens with two attached hydrogens (primary N) is 1. The highest BCUT2D eigenvalue weighted by atomic mass is 19.1. The highest BCUT2D eigenvalue weighted by molar-refractivity contribution is 5.83. The van der Waals surface area contributed by atoms with E-state index in [0.29, 0.717) is 6.54 Å². The van der Waals surface area contributed by atoms with Crippen molar-refractivity contribution in [3.8, 4) is 0 Å². The van der Waals surface area contributed by atoms with E-state index >= 15 is 0 Å². The molecule has 1 fully saturated rings. The zero-order valence-corrected chi connectivity index (χ0v) is 15.2. The molecule has 0 saturated carbocycles. The van der Waals surface area contributed by atoms with Crippen molar-refractivity contribution in [2.24, 2.45) is 5.73 Å². The molecule has 1 heterocycles. The van der Waals surface area contributed by atoms with Gasteiger partial charge in [-0.25, -0.2) is 4.39 Å². The average Bonchev–Trinajstić information content (AvgIpc) is 2.89. The molecule has 2 N–H and O–H groups in total. The Balaban J connectivity index is 1.58. The summed E-state index contributed by atoms with van der Waals surface area (Å²) in [7, 11) is 0. The number of benzene rings is 2. The molecule has 2 aromatic carbocycles. The minimum Gasteiger partial charge on any atom is -0.340 e. The fraction of sp³-hybridized carbons (Fsp3) is 0.381. The second-order valence-corrected chi connectivity index (χ2v) is 6.97. The van der Waals surface area contributed by atoms with Gasteiger partial charge >= 0.3 is 0 Å². The van der Waals surface area contributed by atoms with Gasteiger partial charge in [0, 0.05) is 32.7 Å². The van der Waals surface area contributed by atoms with E-state index in [4.69, 9.17) is 5.73 Å². The van der Waals surface area contributed by atoms with Gasteiger partial charge in [0.05, 0.1) is 0 Å². The van der Waals surface area contributed by atoms with Crippen LogP contribution in [-0.4, -0.2) is 41.9 Å². The Kier molecular flexibility index (Phi) is 6.01. The summed E-state index contributed by atoms with van der Waals surface area (Å²) < 4.78 is 13.0. The van der Waals surface area contributed by atoms with E-state index in [2.05, 4.69) is 4.90 Å². The quantitative estimate of drug-likeness (QED) is 0.917. The van der Waals surface area contributed by atoms with Crippen molar-refractivity contribution in [3.63, 3.8) is 0 Å².